The Kier molecular flexibility index (Phi) is 9.07. The Balaban J connectivity index is 1.97. The average molecular weight is 495 g/mol. The lowest BCUT2D eigenvalue weighted by atomic mass is 9.91. The van der Waals surface area contributed by atoms with Crippen molar-refractivity contribution in [2.45, 2.75) is 78.2 Å². The number of fused-ring (bicyclic) bond motifs is 1. The Morgan fingerprint density at radius 1 is 1.08 bits per heavy atom. The van der Waals surface area contributed by atoms with E-state index in [-0.39, 0.29) is 29.5 Å². The van der Waals surface area contributed by atoms with Gasteiger partial charge in [0.15, 0.2) is 0 Å². The third-order valence-electron chi connectivity index (χ3n) is 6.74. The molecule has 0 aliphatic carbocycles. The van der Waals surface area contributed by atoms with Gasteiger partial charge < -0.3 is 15.5 Å². The molecule has 3 amide bonds. The summed E-state index contributed by atoms with van der Waals surface area (Å²) in [6.07, 6.45) is 3.63. The summed E-state index contributed by atoms with van der Waals surface area (Å²) in [7, 11) is 0. The van der Waals surface area contributed by atoms with E-state index in [1.165, 1.54) is 12.1 Å². The van der Waals surface area contributed by atoms with Gasteiger partial charge in [0.25, 0.3) is 5.69 Å². The molecule has 1 heterocycles. The maximum Gasteiger partial charge on any atom is 0.322 e. The first kappa shape index (κ1) is 27.2. The third kappa shape index (κ3) is 6.04. The van der Waals surface area contributed by atoms with Crippen molar-refractivity contribution in [2.75, 3.05) is 18.4 Å². The molecule has 0 saturated heterocycles. The second-order valence-corrected chi connectivity index (χ2v) is 10.0. The monoisotopic (exact) mass is 494 g/mol. The van der Waals surface area contributed by atoms with Crippen LogP contribution in [0.1, 0.15) is 94.0 Å². The van der Waals surface area contributed by atoms with Gasteiger partial charge in [-0.15, -0.1) is 0 Å². The number of nitrogens with zero attached hydrogens (tertiary/aromatic N) is 2. The number of urea groups is 1. The molecule has 8 nitrogen and oxygen atoms in total. The van der Waals surface area contributed by atoms with Crippen LogP contribution in [0.2, 0.25) is 0 Å². The number of carbonyl (C=O) groups is 2. The van der Waals surface area contributed by atoms with Crippen molar-refractivity contribution < 1.29 is 14.5 Å². The Bertz CT molecular complexity index is 1080. The number of hydrogen-bond donors (Lipinski definition) is 2. The van der Waals surface area contributed by atoms with Gasteiger partial charge in [-0.2, -0.15) is 0 Å². The molecule has 8 heteroatoms. The molecule has 0 radical (unpaired) electrons. The molecule has 36 heavy (non-hydrogen) atoms. The van der Waals surface area contributed by atoms with Gasteiger partial charge in [0.2, 0.25) is 5.91 Å². The molecule has 2 aromatic rings. The summed E-state index contributed by atoms with van der Waals surface area (Å²) in [6.45, 7) is 10.9. The highest BCUT2D eigenvalue weighted by Gasteiger charge is 2.36. The number of non-ortho nitro benzene ring substituents is 1. The van der Waals surface area contributed by atoms with Crippen molar-refractivity contribution in [3.05, 3.63) is 68.8 Å². The van der Waals surface area contributed by atoms with Crippen LogP contribution in [0.4, 0.5) is 16.2 Å². The van der Waals surface area contributed by atoms with E-state index in [1.54, 1.807) is 4.90 Å². The van der Waals surface area contributed by atoms with E-state index in [1.807, 2.05) is 52.0 Å². The minimum atomic E-state index is -0.736. The van der Waals surface area contributed by atoms with Gasteiger partial charge in [-0.1, -0.05) is 71.7 Å². The number of hydrogen-bond acceptors (Lipinski definition) is 4. The van der Waals surface area contributed by atoms with Crippen molar-refractivity contribution in [1.29, 1.82) is 0 Å². The zero-order valence-corrected chi connectivity index (χ0v) is 22.0. The molecule has 0 saturated carbocycles. The Morgan fingerprint density at radius 2 is 1.72 bits per heavy atom. The molecule has 0 fully saturated rings. The molecule has 2 aromatic carbocycles. The third-order valence-corrected chi connectivity index (χ3v) is 6.74. The van der Waals surface area contributed by atoms with Gasteiger partial charge in [-0.3, -0.25) is 14.9 Å². The zero-order chi connectivity index (χ0) is 26.4. The number of nitrogens with one attached hydrogen (secondary N) is 2. The molecule has 0 spiro atoms. The molecule has 2 N–H and O–H groups in total. The number of nitro benzene ring substituents is 1. The number of carbonyl (C=O) groups excluding carboxylic acids is 2. The highest BCUT2D eigenvalue weighted by atomic mass is 16.6. The van der Waals surface area contributed by atoms with Gasteiger partial charge in [0, 0.05) is 30.9 Å². The molecule has 1 aliphatic heterocycles. The van der Waals surface area contributed by atoms with Crippen LogP contribution in [-0.2, 0) is 11.2 Å². The lowest BCUT2D eigenvalue weighted by Crippen LogP contribution is -2.49. The predicted molar refractivity (Wildman–Crippen MR) is 142 cm³/mol. The normalized spacial score (nSPS) is 15.1. The Morgan fingerprint density at radius 3 is 2.31 bits per heavy atom. The van der Waals surface area contributed by atoms with Crippen LogP contribution in [0.25, 0.3) is 0 Å². The first-order chi connectivity index (χ1) is 17.1. The van der Waals surface area contributed by atoms with Crippen molar-refractivity contribution in [2.24, 2.45) is 0 Å². The van der Waals surface area contributed by atoms with Gasteiger partial charge in [-0.25, -0.2) is 4.79 Å². The summed E-state index contributed by atoms with van der Waals surface area (Å²) >= 11 is 0. The standard InChI is InChI=1S/C28H38N4O4/c1-6-7-10-14-29-27(33)26-22-12-9-8-11-20(22)13-15-31(26)28(34)30-25-23(18(2)3)16-21(32(35)36)17-24(25)19(4)5/h8-9,11-12,16-19,26H,6-7,10,13-15H2,1-5H3,(H,29,33)(H,30,34). The fraction of sp³-hybridized carbons (Fsp3) is 0.500. The molecule has 0 bridgehead atoms. The smallest absolute Gasteiger partial charge is 0.322 e. The number of unbranched alkanes of at least 4 members (excludes halogenated alkanes) is 2. The highest BCUT2D eigenvalue weighted by Crippen LogP contribution is 2.37. The number of benzene rings is 2. The molecule has 3 rings (SSSR count). The fourth-order valence-corrected chi connectivity index (χ4v) is 4.76. The van der Waals surface area contributed by atoms with Crippen molar-refractivity contribution in [3.8, 4) is 0 Å². The van der Waals surface area contributed by atoms with E-state index < -0.39 is 11.0 Å². The maximum absolute atomic E-state index is 13.7. The second-order valence-electron chi connectivity index (χ2n) is 10.0. The first-order valence-corrected chi connectivity index (χ1v) is 12.9. The lowest BCUT2D eigenvalue weighted by molar-refractivity contribution is -0.385. The van der Waals surface area contributed by atoms with E-state index in [0.717, 1.165) is 30.4 Å². The molecule has 1 aliphatic rings. The van der Waals surface area contributed by atoms with Gasteiger partial charge in [0.1, 0.15) is 6.04 Å². The molecule has 0 aromatic heterocycles. The van der Waals surface area contributed by atoms with Gasteiger partial charge >= 0.3 is 6.03 Å². The average Bonchev–Trinajstić information content (AvgIpc) is 2.85. The van der Waals surface area contributed by atoms with Crippen molar-refractivity contribution >= 4 is 23.3 Å². The van der Waals surface area contributed by atoms with Crippen LogP contribution in [0.3, 0.4) is 0 Å². The second kappa shape index (κ2) is 12.0. The van der Waals surface area contributed by atoms with E-state index in [4.69, 9.17) is 0 Å². The van der Waals surface area contributed by atoms with Gasteiger partial charge in [-0.05, 0) is 46.9 Å². The fourth-order valence-electron chi connectivity index (χ4n) is 4.76. The van der Waals surface area contributed by atoms with E-state index in [0.29, 0.717) is 36.3 Å². The Hall–Kier alpha value is -3.42. The number of anilines is 1. The molecular formula is C28H38N4O4. The summed E-state index contributed by atoms with van der Waals surface area (Å²) in [6, 6.07) is 9.72. The first-order valence-electron chi connectivity index (χ1n) is 12.9. The SMILES string of the molecule is CCCCCNC(=O)C1c2ccccc2CCN1C(=O)Nc1c(C(C)C)cc([N+](=O)[O-])cc1C(C)C. The van der Waals surface area contributed by atoms with Crippen LogP contribution < -0.4 is 10.6 Å². The summed E-state index contributed by atoms with van der Waals surface area (Å²) in [5, 5.41) is 17.6. The van der Waals surface area contributed by atoms with Gasteiger partial charge in [0.05, 0.1) is 4.92 Å². The topological polar surface area (TPSA) is 105 Å². The molecule has 1 atom stereocenters. The molecule has 194 valence electrons. The minimum Gasteiger partial charge on any atom is -0.354 e. The summed E-state index contributed by atoms with van der Waals surface area (Å²) < 4.78 is 0. The highest BCUT2D eigenvalue weighted by molar-refractivity contribution is 5.96. The van der Waals surface area contributed by atoms with Crippen LogP contribution >= 0.6 is 0 Å². The summed E-state index contributed by atoms with van der Waals surface area (Å²) in [5.74, 6) is -0.278. The van der Waals surface area contributed by atoms with Crippen LogP contribution in [0.15, 0.2) is 36.4 Å². The molecular weight excluding hydrogens is 456 g/mol. The van der Waals surface area contributed by atoms with E-state index in [9.17, 15) is 19.7 Å². The largest absolute Gasteiger partial charge is 0.354 e. The van der Waals surface area contributed by atoms with E-state index in [2.05, 4.69) is 17.6 Å². The summed E-state index contributed by atoms with van der Waals surface area (Å²) in [5.41, 5.74) is 3.92. The van der Waals surface area contributed by atoms with Crippen LogP contribution in [0.5, 0.6) is 0 Å². The van der Waals surface area contributed by atoms with Crippen molar-refractivity contribution in [3.63, 3.8) is 0 Å². The minimum absolute atomic E-state index is 0.0108. The zero-order valence-electron chi connectivity index (χ0n) is 22.0. The van der Waals surface area contributed by atoms with Crippen LogP contribution in [0, 0.1) is 10.1 Å². The predicted octanol–water partition coefficient (Wildman–Crippen LogP) is 6.28. The number of nitro groups is 1. The van der Waals surface area contributed by atoms with Crippen molar-refractivity contribution in [1.82, 2.24) is 10.2 Å². The Labute approximate surface area is 213 Å². The number of amides is 3. The summed E-state index contributed by atoms with van der Waals surface area (Å²) in [4.78, 5) is 39.8. The quantitative estimate of drug-likeness (QED) is 0.243. The number of rotatable bonds is 9. The van der Waals surface area contributed by atoms with Crippen LogP contribution in [-0.4, -0.2) is 34.9 Å². The lowest BCUT2D eigenvalue weighted by Gasteiger charge is -2.36. The maximum atomic E-state index is 13.7. The van der Waals surface area contributed by atoms with E-state index >= 15 is 0 Å². The molecule has 1 unspecified atom stereocenters.